The van der Waals surface area contributed by atoms with Gasteiger partial charge in [0.05, 0.1) is 19.0 Å². The van der Waals surface area contributed by atoms with Crippen molar-refractivity contribution in [3.63, 3.8) is 0 Å². The van der Waals surface area contributed by atoms with E-state index in [1.807, 2.05) is 0 Å². The molecule has 3 aliphatic rings. The predicted molar refractivity (Wildman–Crippen MR) is 64.2 cm³/mol. The minimum absolute atomic E-state index is 0.0663. The molecule has 3 atom stereocenters. The number of ether oxygens (including phenoxy) is 1. The third-order valence-electron chi connectivity index (χ3n) is 3.97. The van der Waals surface area contributed by atoms with Gasteiger partial charge in [0.25, 0.3) is 0 Å². The topological polar surface area (TPSA) is 58.6 Å². The Kier molecular flexibility index (Phi) is 2.93. The van der Waals surface area contributed by atoms with E-state index < -0.39 is 10.0 Å². The maximum Gasteiger partial charge on any atom is 0.208 e. The molecule has 0 aromatic carbocycles. The summed E-state index contributed by atoms with van der Waals surface area (Å²) in [4.78, 5) is 2.40. The Morgan fingerprint density at radius 3 is 2.71 bits per heavy atom. The standard InChI is InChI=1S/C11H20N2O3S/c1-17(14,15)12-9-4-10-7-16-11(8-2-3-8)6-13(10)5-9/h8-12H,2-7H2,1H3/t9-,10-,11+/m0/s1. The molecule has 1 N–H and O–H groups in total. The molecule has 6 heteroatoms. The predicted octanol–water partition coefficient (Wildman–Crippen LogP) is -0.213. The third kappa shape index (κ3) is 2.81. The third-order valence-corrected chi connectivity index (χ3v) is 4.74. The van der Waals surface area contributed by atoms with Gasteiger partial charge in [0.1, 0.15) is 0 Å². The Hall–Kier alpha value is -0.170. The Balaban J connectivity index is 1.58. The molecule has 0 amide bonds. The smallest absolute Gasteiger partial charge is 0.208 e. The first-order valence-corrected chi connectivity index (χ1v) is 8.23. The van der Waals surface area contributed by atoms with Crippen LogP contribution in [0.25, 0.3) is 0 Å². The van der Waals surface area contributed by atoms with Crippen LogP contribution in [0.15, 0.2) is 0 Å². The van der Waals surface area contributed by atoms with Crippen LogP contribution in [0.4, 0.5) is 0 Å². The molecule has 98 valence electrons. The molecule has 0 unspecified atom stereocenters. The molecule has 0 radical (unpaired) electrons. The lowest BCUT2D eigenvalue weighted by Crippen LogP contribution is -2.47. The quantitative estimate of drug-likeness (QED) is 0.763. The minimum Gasteiger partial charge on any atom is -0.375 e. The van der Waals surface area contributed by atoms with E-state index in [4.69, 9.17) is 4.74 Å². The summed E-state index contributed by atoms with van der Waals surface area (Å²) in [6.07, 6.45) is 5.10. The Bertz CT molecular complexity index is 394. The molecular formula is C11H20N2O3S. The zero-order valence-electron chi connectivity index (χ0n) is 10.1. The van der Waals surface area contributed by atoms with Gasteiger partial charge in [0.15, 0.2) is 0 Å². The number of morpholine rings is 1. The lowest BCUT2D eigenvalue weighted by molar-refractivity contribution is -0.0581. The average molecular weight is 260 g/mol. The molecule has 3 rings (SSSR count). The van der Waals surface area contributed by atoms with Crippen LogP contribution in [0.5, 0.6) is 0 Å². The van der Waals surface area contributed by atoms with Crippen molar-refractivity contribution in [2.75, 3.05) is 26.0 Å². The van der Waals surface area contributed by atoms with Crippen molar-refractivity contribution in [2.24, 2.45) is 5.92 Å². The van der Waals surface area contributed by atoms with E-state index >= 15 is 0 Å². The number of fused-ring (bicyclic) bond motifs is 1. The van der Waals surface area contributed by atoms with Crippen LogP contribution in [-0.4, -0.2) is 57.5 Å². The second-order valence-corrected chi connectivity index (χ2v) is 7.42. The number of rotatable bonds is 3. The molecule has 0 aromatic rings. The molecule has 0 bridgehead atoms. The fourth-order valence-corrected chi connectivity index (χ4v) is 3.82. The van der Waals surface area contributed by atoms with Crippen molar-refractivity contribution in [3.8, 4) is 0 Å². The largest absolute Gasteiger partial charge is 0.375 e. The zero-order chi connectivity index (χ0) is 12.0. The van der Waals surface area contributed by atoms with Crippen LogP contribution in [-0.2, 0) is 14.8 Å². The van der Waals surface area contributed by atoms with E-state index in [-0.39, 0.29) is 6.04 Å². The van der Waals surface area contributed by atoms with Gasteiger partial charge < -0.3 is 4.74 Å². The van der Waals surface area contributed by atoms with E-state index in [2.05, 4.69) is 9.62 Å². The minimum atomic E-state index is -3.09. The highest BCUT2D eigenvalue weighted by molar-refractivity contribution is 7.88. The Morgan fingerprint density at radius 2 is 2.06 bits per heavy atom. The molecule has 3 fully saturated rings. The molecule has 2 heterocycles. The maximum absolute atomic E-state index is 11.2. The van der Waals surface area contributed by atoms with Gasteiger partial charge in [-0.15, -0.1) is 0 Å². The van der Waals surface area contributed by atoms with Gasteiger partial charge in [-0.2, -0.15) is 0 Å². The highest BCUT2D eigenvalue weighted by Crippen LogP contribution is 2.37. The number of hydrogen-bond donors (Lipinski definition) is 1. The van der Waals surface area contributed by atoms with Gasteiger partial charge in [0.2, 0.25) is 10.0 Å². The Labute approximate surface area is 103 Å². The van der Waals surface area contributed by atoms with Crippen LogP contribution >= 0.6 is 0 Å². The monoisotopic (exact) mass is 260 g/mol. The van der Waals surface area contributed by atoms with Crippen LogP contribution in [0.2, 0.25) is 0 Å². The maximum atomic E-state index is 11.2. The lowest BCUT2D eigenvalue weighted by Gasteiger charge is -2.35. The number of hydrogen-bond acceptors (Lipinski definition) is 4. The summed E-state index contributed by atoms with van der Waals surface area (Å²) in [5, 5.41) is 0. The van der Waals surface area contributed by atoms with E-state index in [1.54, 1.807) is 0 Å². The van der Waals surface area contributed by atoms with Crippen molar-refractivity contribution in [1.82, 2.24) is 9.62 Å². The normalized spacial score (nSPS) is 39.2. The first kappa shape index (κ1) is 11.9. The molecule has 2 aliphatic heterocycles. The van der Waals surface area contributed by atoms with Crippen LogP contribution in [0, 0.1) is 5.92 Å². The van der Waals surface area contributed by atoms with Gasteiger partial charge in [-0.25, -0.2) is 13.1 Å². The average Bonchev–Trinajstić information content (AvgIpc) is 2.97. The summed E-state index contributed by atoms with van der Waals surface area (Å²) in [6.45, 7) is 2.59. The van der Waals surface area contributed by atoms with E-state index in [1.165, 1.54) is 19.1 Å². The highest BCUT2D eigenvalue weighted by atomic mass is 32.2. The van der Waals surface area contributed by atoms with Gasteiger partial charge in [-0.3, -0.25) is 4.90 Å². The molecule has 0 aromatic heterocycles. The summed E-state index contributed by atoms with van der Waals surface area (Å²) in [6, 6.07) is 0.473. The number of nitrogens with zero attached hydrogens (tertiary/aromatic N) is 1. The van der Waals surface area contributed by atoms with Crippen molar-refractivity contribution < 1.29 is 13.2 Å². The highest BCUT2D eigenvalue weighted by Gasteiger charge is 2.42. The number of sulfonamides is 1. The van der Waals surface area contributed by atoms with Crippen molar-refractivity contribution in [3.05, 3.63) is 0 Å². The van der Waals surface area contributed by atoms with E-state index in [0.29, 0.717) is 12.1 Å². The van der Waals surface area contributed by atoms with Crippen molar-refractivity contribution in [2.45, 2.75) is 37.5 Å². The summed E-state index contributed by atoms with van der Waals surface area (Å²) in [5.74, 6) is 0.762. The summed E-state index contributed by atoms with van der Waals surface area (Å²) >= 11 is 0. The van der Waals surface area contributed by atoms with Gasteiger partial charge in [0, 0.05) is 25.2 Å². The summed E-state index contributed by atoms with van der Waals surface area (Å²) in [5.41, 5.74) is 0. The molecule has 1 saturated carbocycles. The molecule has 1 aliphatic carbocycles. The summed E-state index contributed by atoms with van der Waals surface area (Å²) < 4.78 is 31.0. The molecule has 2 saturated heterocycles. The van der Waals surface area contributed by atoms with Gasteiger partial charge in [-0.1, -0.05) is 0 Å². The molecule has 0 spiro atoms. The fourth-order valence-electron chi connectivity index (χ4n) is 3.04. The van der Waals surface area contributed by atoms with E-state index in [9.17, 15) is 8.42 Å². The lowest BCUT2D eigenvalue weighted by atomic mass is 10.1. The van der Waals surface area contributed by atoms with Gasteiger partial charge >= 0.3 is 0 Å². The number of nitrogens with one attached hydrogen (secondary N) is 1. The first-order valence-electron chi connectivity index (χ1n) is 6.34. The summed E-state index contributed by atoms with van der Waals surface area (Å²) in [7, 11) is -3.09. The van der Waals surface area contributed by atoms with Crippen LogP contribution in [0.1, 0.15) is 19.3 Å². The van der Waals surface area contributed by atoms with Crippen molar-refractivity contribution >= 4 is 10.0 Å². The zero-order valence-corrected chi connectivity index (χ0v) is 10.9. The SMILES string of the molecule is CS(=O)(=O)N[C@H]1C[C@H]2CO[C@@H](C3CC3)CN2C1. The van der Waals surface area contributed by atoms with Crippen molar-refractivity contribution in [1.29, 1.82) is 0 Å². The van der Waals surface area contributed by atoms with E-state index in [0.717, 1.165) is 32.0 Å². The molecule has 5 nitrogen and oxygen atoms in total. The first-order chi connectivity index (χ1) is 8.01. The molecule has 17 heavy (non-hydrogen) atoms. The molecular weight excluding hydrogens is 240 g/mol. The fraction of sp³-hybridized carbons (Fsp3) is 1.00. The van der Waals surface area contributed by atoms with Crippen LogP contribution < -0.4 is 4.72 Å². The van der Waals surface area contributed by atoms with Crippen LogP contribution in [0.3, 0.4) is 0 Å². The second-order valence-electron chi connectivity index (χ2n) is 5.64. The Morgan fingerprint density at radius 1 is 1.29 bits per heavy atom. The van der Waals surface area contributed by atoms with Gasteiger partial charge in [-0.05, 0) is 25.2 Å². The second kappa shape index (κ2) is 4.19.